The molecule has 0 aromatic heterocycles. The van der Waals surface area contributed by atoms with Crippen molar-refractivity contribution in [2.24, 2.45) is 0 Å². The highest BCUT2D eigenvalue weighted by atomic mass is 32.2. The highest BCUT2D eigenvalue weighted by Crippen LogP contribution is 2.39. The van der Waals surface area contributed by atoms with Crippen molar-refractivity contribution in [3.63, 3.8) is 0 Å². The van der Waals surface area contributed by atoms with Gasteiger partial charge in [0.1, 0.15) is 10.6 Å². The summed E-state index contributed by atoms with van der Waals surface area (Å²) in [4.78, 5) is 13.1. The summed E-state index contributed by atoms with van der Waals surface area (Å²) in [7, 11) is -2.45. The standard InChI is InChI=1S/C24H32N2O8S/c1-5-32-20-14-17(15-21(33-6-2)23(20)34-7-3)24(27)25-18-8-9-19(30-4)22(16-18)35(28,29)26-10-12-31-13-11-26/h8-9,14-16H,5-7,10-13H2,1-4H3,(H,25,27). The van der Waals surface area contributed by atoms with Gasteiger partial charge in [-0.25, -0.2) is 8.42 Å². The van der Waals surface area contributed by atoms with E-state index in [0.29, 0.717) is 56.0 Å². The Labute approximate surface area is 206 Å². The Morgan fingerprint density at radius 3 is 2.09 bits per heavy atom. The molecule has 0 unspecified atom stereocenters. The van der Waals surface area contributed by atoms with Gasteiger partial charge in [-0.1, -0.05) is 0 Å². The van der Waals surface area contributed by atoms with Crippen LogP contribution in [0.1, 0.15) is 31.1 Å². The number of rotatable bonds is 11. The van der Waals surface area contributed by atoms with Crippen molar-refractivity contribution in [1.29, 1.82) is 0 Å². The molecule has 1 heterocycles. The van der Waals surface area contributed by atoms with Crippen molar-refractivity contribution in [1.82, 2.24) is 4.31 Å². The van der Waals surface area contributed by atoms with Gasteiger partial charge >= 0.3 is 0 Å². The molecule has 1 aliphatic rings. The van der Waals surface area contributed by atoms with Crippen LogP contribution in [0.3, 0.4) is 0 Å². The van der Waals surface area contributed by atoms with Crippen LogP contribution >= 0.6 is 0 Å². The Morgan fingerprint density at radius 2 is 1.54 bits per heavy atom. The van der Waals surface area contributed by atoms with E-state index >= 15 is 0 Å². The first-order valence-electron chi connectivity index (χ1n) is 11.5. The molecule has 192 valence electrons. The lowest BCUT2D eigenvalue weighted by atomic mass is 10.1. The maximum Gasteiger partial charge on any atom is 0.255 e. The Kier molecular flexibility index (Phi) is 9.19. The predicted molar refractivity (Wildman–Crippen MR) is 130 cm³/mol. The maximum atomic E-state index is 13.2. The predicted octanol–water partition coefficient (Wildman–Crippen LogP) is 3.16. The van der Waals surface area contributed by atoms with E-state index in [2.05, 4.69) is 5.32 Å². The number of amides is 1. The molecule has 1 amide bonds. The SMILES string of the molecule is CCOc1cc(C(=O)Nc2ccc(OC)c(S(=O)(=O)N3CCOCC3)c2)cc(OCC)c1OCC. The van der Waals surface area contributed by atoms with E-state index in [-0.39, 0.29) is 29.3 Å². The highest BCUT2D eigenvalue weighted by Gasteiger charge is 2.30. The minimum Gasteiger partial charge on any atom is -0.495 e. The molecular weight excluding hydrogens is 476 g/mol. The summed E-state index contributed by atoms with van der Waals surface area (Å²) < 4.78 is 55.4. The van der Waals surface area contributed by atoms with Crippen LogP contribution in [0.25, 0.3) is 0 Å². The number of hydrogen-bond donors (Lipinski definition) is 1. The number of nitrogens with zero attached hydrogens (tertiary/aromatic N) is 1. The summed E-state index contributed by atoms with van der Waals surface area (Å²) in [6.45, 7) is 7.78. The van der Waals surface area contributed by atoms with Gasteiger partial charge in [0.05, 0.1) is 40.1 Å². The summed E-state index contributed by atoms with van der Waals surface area (Å²) in [6.07, 6.45) is 0. The van der Waals surface area contributed by atoms with Crippen molar-refractivity contribution in [2.45, 2.75) is 25.7 Å². The number of carbonyl (C=O) groups is 1. The minimum atomic E-state index is -3.85. The zero-order valence-corrected chi connectivity index (χ0v) is 21.3. The second-order valence-electron chi connectivity index (χ2n) is 7.44. The first-order valence-corrected chi connectivity index (χ1v) is 12.9. The van der Waals surface area contributed by atoms with Crippen molar-refractivity contribution >= 4 is 21.6 Å². The largest absolute Gasteiger partial charge is 0.495 e. The maximum absolute atomic E-state index is 13.2. The number of benzene rings is 2. The van der Waals surface area contributed by atoms with E-state index in [4.69, 9.17) is 23.7 Å². The first kappa shape index (κ1) is 26.6. The van der Waals surface area contributed by atoms with Gasteiger partial charge in [0.15, 0.2) is 11.5 Å². The third-order valence-electron chi connectivity index (χ3n) is 5.18. The molecule has 10 nitrogen and oxygen atoms in total. The fourth-order valence-electron chi connectivity index (χ4n) is 3.61. The van der Waals surface area contributed by atoms with E-state index in [1.807, 2.05) is 20.8 Å². The van der Waals surface area contributed by atoms with Crippen molar-refractivity contribution < 1.29 is 36.9 Å². The van der Waals surface area contributed by atoms with Crippen LogP contribution in [0.5, 0.6) is 23.0 Å². The van der Waals surface area contributed by atoms with Gasteiger partial charge in [0.25, 0.3) is 5.91 Å². The van der Waals surface area contributed by atoms with E-state index in [1.54, 1.807) is 18.2 Å². The number of carbonyl (C=O) groups excluding carboxylic acids is 1. The zero-order valence-electron chi connectivity index (χ0n) is 20.5. The molecule has 0 spiro atoms. The molecule has 1 N–H and O–H groups in total. The number of anilines is 1. The quantitative estimate of drug-likeness (QED) is 0.493. The van der Waals surface area contributed by atoms with Gasteiger partial charge in [0.2, 0.25) is 15.8 Å². The van der Waals surface area contributed by atoms with Crippen LogP contribution in [0.4, 0.5) is 5.69 Å². The number of ether oxygens (including phenoxy) is 5. The number of sulfonamides is 1. The monoisotopic (exact) mass is 508 g/mol. The van der Waals surface area contributed by atoms with Crippen LogP contribution in [0, 0.1) is 0 Å². The topological polar surface area (TPSA) is 113 Å². The summed E-state index contributed by atoms with van der Waals surface area (Å²) >= 11 is 0. The normalized spacial score (nSPS) is 14.3. The number of methoxy groups -OCH3 is 1. The number of hydrogen-bond acceptors (Lipinski definition) is 8. The number of morpholine rings is 1. The molecule has 35 heavy (non-hydrogen) atoms. The zero-order chi connectivity index (χ0) is 25.4. The molecule has 3 rings (SSSR count). The molecule has 1 fully saturated rings. The Balaban J connectivity index is 1.94. The van der Waals surface area contributed by atoms with Crippen LogP contribution in [0.2, 0.25) is 0 Å². The van der Waals surface area contributed by atoms with E-state index < -0.39 is 15.9 Å². The van der Waals surface area contributed by atoms with Gasteiger partial charge in [-0.2, -0.15) is 4.31 Å². The Bertz CT molecular complexity index is 1100. The van der Waals surface area contributed by atoms with Gasteiger partial charge in [-0.3, -0.25) is 4.79 Å². The summed E-state index contributed by atoms with van der Waals surface area (Å²) in [5.74, 6) is 0.922. The average molecular weight is 509 g/mol. The fraction of sp³-hybridized carbons (Fsp3) is 0.458. The lowest BCUT2D eigenvalue weighted by Gasteiger charge is -2.26. The van der Waals surface area contributed by atoms with Crippen LogP contribution in [-0.4, -0.2) is 71.9 Å². The second kappa shape index (κ2) is 12.1. The molecule has 2 aromatic carbocycles. The molecule has 11 heteroatoms. The summed E-state index contributed by atoms with van der Waals surface area (Å²) in [6, 6.07) is 7.63. The second-order valence-corrected chi connectivity index (χ2v) is 9.34. The molecule has 0 aliphatic carbocycles. The van der Waals surface area contributed by atoms with E-state index in [1.165, 1.54) is 23.5 Å². The third-order valence-corrected chi connectivity index (χ3v) is 7.10. The van der Waals surface area contributed by atoms with Crippen molar-refractivity contribution in [3.8, 4) is 23.0 Å². The minimum absolute atomic E-state index is 0.0311. The molecule has 0 bridgehead atoms. The Morgan fingerprint density at radius 1 is 0.943 bits per heavy atom. The van der Waals surface area contributed by atoms with E-state index in [0.717, 1.165) is 0 Å². The third kappa shape index (κ3) is 6.16. The molecule has 0 saturated carbocycles. The molecule has 1 aliphatic heterocycles. The smallest absolute Gasteiger partial charge is 0.255 e. The first-order chi connectivity index (χ1) is 16.8. The molecule has 0 radical (unpaired) electrons. The van der Waals surface area contributed by atoms with Crippen LogP contribution in [0.15, 0.2) is 35.2 Å². The van der Waals surface area contributed by atoms with Crippen LogP contribution < -0.4 is 24.3 Å². The van der Waals surface area contributed by atoms with Crippen molar-refractivity contribution in [3.05, 3.63) is 35.9 Å². The molecule has 0 atom stereocenters. The average Bonchev–Trinajstić information content (AvgIpc) is 2.86. The molecule has 2 aromatic rings. The van der Waals surface area contributed by atoms with Crippen LogP contribution in [-0.2, 0) is 14.8 Å². The van der Waals surface area contributed by atoms with Crippen molar-refractivity contribution in [2.75, 3.05) is 58.6 Å². The van der Waals surface area contributed by atoms with Gasteiger partial charge in [0, 0.05) is 24.3 Å². The van der Waals surface area contributed by atoms with E-state index in [9.17, 15) is 13.2 Å². The van der Waals surface area contributed by atoms with Gasteiger partial charge in [-0.15, -0.1) is 0 Å². The molecular formula is C24H32N2O8S. The Hall–Kier alpha value is -3.02. The number of nitrogens with one attached hydrogen (secondary N) is 1. The lowest BCUT2D eigenvalue weighted by molar-refractivity contribution is 0.0729. The highest BCUT2D eigenvalue weighted by molar-refractivity contribution is 7.89. The summed E-state index contributed by atoms with van der Waals surface area (Å²) in [5.41, 5.74) is 0.571. The molecule has 1 saturated heterocycles. The van der Waals surface area contributed by atoms with Gasteiger partial charge < -0.3 is 29.0 Å². The fourth-order valence-corrected chi connectivity index (χ4v) is 5.19. The summed E-state index contributed by atoms with van der Waals surface area (Å²) in [5, 5.41) is 2.76. The lowest BCUT2D eigenvalue weighted by Crippen LogP contribution is -2.40. The van der Waals surface area contributed by atoms with Gasteiger partial charge in [-0.05, 0) is 51.1 Å².